The third kappa shape index (κ3) is 11.5. The molecule has 0 spiro atoms. The Morgan fingerprint density at radius 2 is 1.26 bits per heavy atom. The molecule has 0 heterocycles. The fourth-order valence-corrected chi connectivity index (χ4v) is 3.12. The van der Waals surface area contributed by atoms with Crippen molar-refractivity contribution in [2.45, 2.75) is 82.4 Å². The first-order valence-corrected chi connectivity index (χ1v) is 10.0. The zero-order valence-corrected chi connectivity index (χ0v) is 17.5. The van der Waals surface area contributed by atoms with Crippen molar-refractivity contribution < 1.29 is 15.8 Å². The summed E-state index contributed by atoms with van der Waals surface area (Å²) in [6, 6.07) is 6.52. The number of hydrogen-bond acceptors (Lipinski definition) is 2. The second-order valence-electron chi connectivity index (χ2n) is 6.05. The fraction of sp³-hybridized carbons (Fsp3) is 0.667. The minimum Gasteiger partial charge on any atom is -1.00 e. The van der Waals surface area contributed by atoms with Crippen molar-refractivity contribution in [1.29, 1.82) is 0 Å². The van der Waals surface area contributed by atoms with Gasteiger partial charge in [0.25, 0.3) is 10.1 Å². The van der Waals surface area contributed by atoms with Gasteiger partial charge in [-0.25, -0.2) is 0 Å². The van der Waals surface area contributed by atoms with Gasteiger partial charge in [-0.15, -0.1) is 0 Å². The Hall–Kier alpha value is 0.390. The van der Waals surface area contributed by atoms with Gasteiger partial charge in [-0.2, -0.15) is 8.42 Å². The number of aryl methyl sites for hydroxylation is 1. The first-order valence-electron chi connectivity index (χ1n) is 8.60. The summed E-state index contributed by atoms with van der Waals surface area (Å²) in [7, 11) is -4.06. The second-order valence-corrected chi connectivity index (χ2v) is 7.47. The van der Waals surface area contributed by atoms with Gasteiger partial charge in [0, 0.05) is 0 Å². The van der Waals surface area contributed by atoms with Gasteiger partial charge in [0.2, 0.25) is 0 Å². The Kier molecular flexibility index (Phi) is 13.9. The van der Waals surface area contributed by atoms with Gasteiger partial charge >= 0.3 is 37.7 Å². The van der Waals surface area contributed by atoms with E-state index in [0.29, 0.717) is 0 Å². The van der Waals surface area contributed by atoms with E-state index in [9.17, 15) is 8.42 Å². The molecule has 1 rings (SSSR count). The molecule has 0 atom stereocenters. The molecule has 5 heteroatoms. The first-order chi connectivity index (χ1) is 10.5. The Morgan fingerprint density at radius 3 is 1.70 bits per heavy atom. The van der Waals surface area contributed by atoms with Gasteiger partial charge in [0.1, 0.15) is 0 Å². The summed E-state index contributed by atoms with van der Waals surface area (Å²) >= 11 is 0. The zero-order chi connectivity index (χ0) is 16.3. The van der Waals surface area contributed by atoms with Crippen LogP contribution in [0.3, 0.4) is 0 Å². The molecule has 0 unspecified atom stereocenters. The van der Waals surface area contributed by atoms with Gasteiger partial charge in [0.15, 0.2) is 0 Å². The van der Waals surface area contributed by atoms with E-state index in [2.05, 4.69) is 6.92 Å². The van der Waals surface area contributed by atoms with Crippen LogP contribution in [-0.2, 0) is 16.5 Å². The summed E-state index contributed by atoms with van der Waals surface area (Å²) in [6.45, 7) is 2.25. The van der Waals surface area contributed by atoms with E-state index in [1.807, 2.05) is 0 Å². The summed E-state index contributed by atoms with van der Waals surface area (Å²) in [5.41, 5.74) is 1.13. The first kappa shape index (κ1) is 23.4. The number of unbranched alkanes of at least 4 members (excludes halogenated alkanes) is 9. The van der Waals surface area contributed by atoms with Crippen molar-refractivity contribution in [3.05, 3.63) is 29.8 Å². The molecule has 0 radical (unpaired) electrons. The number of hydrogen-bond donors (Lipinski definition) is 1. The van der Waals surface area contributed by atoms with Gasteiger partial charge in [-0.1, -0.05) is 76.8 Å². The molecule has 0 saturated carbocycles. The molecule has 1 aromatic rings. The molecule has 130 valence electrons. The topological polar surface area (TPSA) is 54.4 Å². The number of benzene rings is 1. The summed E-state index contributed by atoms with van der Waals surface area (Å²) in [5, 5.41) is 0. The van der Waals surface area contributed by atoms with Gasteiger partial charge in [-0.3, -0.25) is 4.55 Å². The van der Waals surface area contributed by atoms with Gasteiger partial charge < -0.3 is 2.85 Å². The van der Waals surface area contributed by atoms with Crippen LogP contribution >= 0.6 is 0 Å². The van der Waals surface area contributed by atoms with Crippen LogP contribution in [0.25, 0.3) is 0 Å². The van der Waals surface area contributed by atoms with Crippen molar-refractivity contribution in [3.63, 3.8) is 0 Å². The van der Waals surface area contributed by atoms with Crippen LogP contribution in [-0.4, -0.2) is 50.7 Å². The average molecular weight is 369 g/mol. The molecule has 0 amide bonds. The molecule has 0 fully saturated rings. The monoisotopic (exact) mass is 368 g/mol. The van der Waals surface area contributed by atoms with Crippen molar-refractivity contribution in [1.82, 2.24) is 0 Å². The Labute approximate surface area is 175 Å². The smallest absolute Gasteiger partial charge is 1.00 e. The normalized spacial score (nSPS) is 11.2. The standard InChI is InChI=1S/C18H30O3S.Ca.2H/c1-2-3-4-5-6-7-8-9-10-11-12-17-13-15-18(16-14-17)22(19,20)21;;;/h13-16H,2-12H2,1H3,(H,19,20,21);;;/q;+2;2*-1. The molecule has 1 aromatic carbocycles. The summed E-state index contributed by atoms with van der Waals surface area (Å²) in [5.74, 6) is 0. The molecule has 0 saturated heterocycles. The van der Waals surface area contributed by atoms with Gasteiger partial charge in [0.05, 0.1) is 4.90 Å². The maximum absolute atomic E-state index is 10.9. The quantitative estimate of drug-likeness (QED) is 0.312. The second kappa shape index (κ2) is 13.7. The van der Waals surface area contributed by atoms with Crippen LogP contribution in [0.1, 0.15) is 79.5 Å². The molecular formula is C18H32CaO3S. The summed E-state index contributed by atoms with van der Waals surface area (Å²) in [4.78, 5) is -0.0284. The van der Waals surface area contributed by atoms with Crippen LogP contribution in [0.2, 0.25) is 0 Å². The summed E-state index contributed by atoms with van der Waals surface area (Å²) < 4.78 is 30.8. The molecule has 0 aliphatic carbocycles. The van der Waals surface area contributed by atoms with Crippen LogP contribution in [0.4, 0.5) is 0 Å². The minimum atomic E-state index is -4.06. The van der Waals surface area contributed by atoms with Crippen molar-refractivity contribution in [3.8, 4) is 0 Å². The molecule has 0 bridgehead atoms. The van der Waals surface area contributed by atoms with E-state index < -0.39 is 10.1 Å². The molecule has 0 aliphatic heterocycles. The van der Waals surface area contributed by atoms with Crippen molar-refractivity contribution in [2.24, 2.45) is 0 Å². The van der Waals surface area contributed by atoms with E-state index in [4.69, 9.17) is 4.55 Å². The van der Waals surface area contributed by atoms with E-state index in [1.165, 1.54) is 69.9 Å². The SMILES string of the molecule is CCCCCCCCCCCCc1ccc(S(=O)(=O)O)cc1.[Ca+2].[H-].[H-]. The largest absolute Gasteiger partial charge is 2.00 e. The van der Waals surface area contributed by atoms with E-state index >= 15 is 0 Å². The Bertz CT molecular complexity index is 508. The third-order valence-corrected chi connectivity index (χ3v) is 4.91. The Balaban J connectivity index is -0.00000161. The zero-order valence-electron chi connectivity index (χ0n) is 16.5. The molecule has 3 nitrogen and oxygen atoms in total. The fourth-order valence-electron chi connectivity index (χ4n) is 2.64. The van der Waals surface area contributed by atoms with Crippen LogP contribution in [0.5, 0.6) is 0 Å². The molecular weight excluding hydrogens is 336 g/mol. The maximum atomic E-state index is 10.9. The summed E-state index contributed by atoms with van der Waals surface area (Å²) in [6.07, 6.45) is 14.1. The molecule has 0 aromatic heterocycles. The molecule has 0 aliphatic rings. The van der Waals surface area contributed by atoms with Crippen molar-refractivity contribution in [2.75, 3.05) is 0 Å². The Morgan fingerprint density at radius 1 is 0.826 bits per heavy atom. The maximum Gasteiger partial charge on any atom is 2.00 e. The van der Waals surface area contributed by atoms with Crippen LogP contribution < -0.4 is 0 Å². The van der Waals surface area contributed by atoms with Crippen molar-refractivity contribution >= 4 is 47.9 Å². The van der Waals surface area contributed by atoms with Crippen LogP contribution in [0, 0.1) is 0 Å². The minimum absolute atomic E-state index is 0. The van der Waals surface area contributed by atoms with E-state index in [0.717, 1.165) is 18.4 Å². The third-order valence-electron chi connectivity index (χ3n) is 4.04. The molecule has 1 N–H and O–H groups in total. The predicted molar refractivity (Wildman–Crippen MR) is 99.8 cm³/mol. The van der Waals surface area contributed by atoms with E-state index in [-0.39, 0.29) is 45.5 Å². The van der Waals surface area contributed by atoms with Gasteiger partial charge in [-0.05, 0) is 30.5 Å². The number of rotatable bonds is 12. The molecule has 23 heavy (non-hydrogen) atoms. The predicted octanol–water partition coefficient (Wildman–Crippen LogP) is 5.24. The van der Waals surface area contributed by atoms with E-state index in [1.54, 1.807) is 12.1 Å². The van der Waals surface area contributed by atoms with Crippen LogP contribution in [0.15, 0.2) is 29.2 Å². The average Bonchev–Trinajstić information content (AvgIpc) is 2.49.